The van der Waals surface area contributed by atoms with Crippen LogP contribution >= 0.6 is 0 Å². The summed E-state index contributed by atoms with van der Waals surface area (Å²) in [6, 6.07) is 3.91. The molecule has 1 aromatic rings. The van der Waals surface area contributed by atoms with Crippen molar-refractivity contribution in [2.75, 3.05) is 19.0 Å². The SMILES string of the molecule is CCCCCCNc1cccnc1OC. The molecule has 0 unspecified atom stereocenters. The molecule has 0 aliphatic heterocycles. The van der Waals surface area contributed by atoms with E-state index in [1.165, 1.54) is 25.7 Å². The molecule has 3 heteroatoms. The van der Waals surface area contributed by atoms with Gasteiger partial charge in [-0.3, -0.25) is 0 Å². The number of rotatable bonds is 7. The largest absolute Gasteiger partial charge is 0.480 e. The van der Waals surface area contributed by atoms with Gasteiger partial charge >= 0.3 is 0 Å². The third-order valence-corrected chi connectivity index (χ3v) is 2.31. The van der Waals surface area contributed by atoms with E-state index >= 15 is 0 Å². The highest BCUT2D eigenvalue weighted by Gasteiger charge is 2.00. The van der Waals surface area contributed by atoms with E-state index in [1.807, 2.05) is 12.1 Å². The Morgan fingerprint density at radius 2 is 2.20 bits per heavy atom. The van der Waals surface area contributed by atoms with Crippen molar-refractivity contribution in [1.82, 2.24) is 4.98 Å². The van der Waals surface area contributed by atoms with Crippen molar-refractivity contribution in [3.63, 3.8) is 0 Å². The molecule has 0 saturated heterocycles. The lowest BCUT2D eigenvalue weighted by Crippen LogP contribution is -2.03. The van der Waals surface area contributed by atoms with E-state index < -0.39 is 0 Å². The van der Waals surface area contributed by atoms with Crippen LogP contribution < -0.4 is 10.1 Å². The standard InChI is InChI=1S/C12H20N2O/c1-3-4-5-6-9-13-11-8-7-10-14-12(11)15-2/h7-8,10,13H,3-6,9H2,1-2H3. The molecule has 0 aliphatic carbocycles. The van der Waals surface area contributed by atoms with E-state index in [4.69, 9.17) is 4.74 Å². The first-order valence-electron chi connectivity index (χ1n) is 5.61. The van der Waals surface area contributed by atoms with E-state index in [1.54, 1.807) is 13.3 Å². The zero-order valence-corrected chi connectivity index (χ0v) is 9.62. The van der Waals surface area contributed by atoms with Crippen LogP contribution in [0.5, 0.6) is 5.88 Å². The zero-order chi connectivity index (χ0) is 10.9. The lowest BCUT2D eigenvalue weighted by atomic mass is 10.2. The summed E-state index contributed by atoms with van der Waals surface area (Å²) in [7, 11) is 1.64. The molecule has 1 aromatic heterocycles. The average molecular weight is 208 g/mol. The van der Waals surface area contributed by atoms with Crippen LogP contribution in [0.2, 0.25) is 0 Å². The Morgan fingerprint density at radius 1 is 1.33 bits per heavy atom. The lowest BCUT2D eigenvalue weighted by Gasteiger charge is -2.09. The van der Waals surface area contributed by atoms with E-state index in [9.17, 15) is 0 Å². The molecule has 0 radical (unpaired) electrons. The molecule has 1 rings (SSSR count). The molecule has 0 atom stereocenters. The first-order chi connectivity index (χ1) is 7.38. The van der Waals surface area contributed by atoms with Crippen molar-refractivity contribution in [2.45, 2.75) is 32.6 Å². The Morgan fingerprint density at radius 3 is 2.93 bits per heavy atom. The minimum absolute atomic E-state index is 0.674. The Bertz CT molecular complexity index is 276. The molecule has 3 nitrogen and oxygen atoms in total. The highest BCUT2D eigenvalue weighted by molar-refractivity contribution is 5.51. The summed E-state index contributed by atoms with van der Waals surface area (Å²) in [5, 5.41) is 3.34. The first-order valence-corrected chi connectivity index (χ1v) is 5.61. The fourth-order valence-corrected chi connectivity index (χ4v) is 1.46. The van der Waals surface area contributed by atoms with Crippen molar-refractivity contribution >= 4 is 5.69 Å². The highest BCUT2D eigenvalue weighted by atomic mass is 16.5. The van der Waals surface area contributed by atoms with Crippen LogP contribution in [0.1, 0.15) is 32.6 Å². The van der Waals surface area contributed by atoms with Gasteiger partial charge in [-0.15, -0.1) is 0 Å². The van der Waals surface area contributed by atoms with Gasteiger partial charge in [0.25, 0.3) is 0 Å². The molecule has 0 amide bonds. The molecule has 0 aliphatic rings. The predicted octanol–water partition coefficient (Wildman–Crippen LogP) is 3.08. The third-order valence-electron chi connectivity index (χ3n) is 2.31. The number of nitrogens with one attached hydrogen (secondary N) is 1. The van der Waals surface area contributed by atoms with Gasteiger partial charge in [0, 0.05) is 12.7 Å². The third kappa shape index (κ3) is 4.19. The van der Waals surface area contributed by atoms with Crippen LogP contribution in [-0.4, -0.2) is 18.6 Å². The second-order valence-corrected chi connectivity index (χ2v) is 3.55. The van der Waals surface area contributed by atoms with Gasteiger partial charge in [0.05, 0.1) is 12.8 Å². The number of methoxy groups -OCH3 is 1. The van der Waals surface area contributed by atoms with Crippen LogP contribution in [0.4, 0.5) is 5.69 Å². The first kappa shape index (κ1) is 11.8. The normalized spacial score (nSPS) is 10.0. The summed E-state index contributed by atoms with van der Waals surface area (Å²) in [5.74, 6) is 0.674. The van der Waals surface area contributed by atoms with Gasteiger partial charge in [0.1, 0.15) is 0 Å². The minimum Gasteiger partial charge on any atom is -0.480 e. The number of anilines is 1. The Hall–Kier alpha value is -1.25. The molecule has 1 N–H and O–H groups in total. The van der Waals surface area contributed by atoms with Gasteiger partial charge in [0.15, 0.2) is 0 Å². The van der Waals surface area contributed by atoms with Gasteiger partial charge < -0.3 is 10.1 Å². The summed E-state index contributed by atoms with van der Waals surface area (Å²) in [5.41, 5.74) is 0.983. The molecule has 1 heterocycles. The fraction of sp³-hybridized carbons (Fsp3) is 0.583. The molecule has 84 valence electrons. The number of ether oxygens (including phenoxy) is 1. The van der Waals surface area contributed by atoms with E-state index in [-0.39, 0.29) is 0 Å². The summed E-state index contributed by atoms with van der Waals surface area (Å²) >= 11 is 0. The van der Waals surface area contributed by atoms with Crippen LogP contribution in [0.15, 0.2) is 18.3 Å². The quantitative estimate of drug-likeness (QED) is 0.699. The van der Waals surface area contributed by atoms with E-state index in [0.717, 1.165) is 12.2 Å². The Labute approximate surface area is 91.9 Å². The fourth-order valence-electron chi connectivity index (χ4n) is 1.46. The van der Waals surface area contributed by atoms with E-state index in [2.05, 4.69) is 17.2 Å². The maximum absolute atomic E-state index is 5.15. The van der Waals surface area contributed by atoms with Gasteiger partial charge in [-0.1, -0.05) is 26.2 Å². The summed E-state index contributed by atoms with van der Waals surface area (Å²) in [4.78, 5) is 4.13. The summed E-state index contributed by atoms with van der Waals surface area (Å²) in [6.07, 6.45) is 6.81. The number of unbranched alkanes of at least 4 members (excludes halogenated alkanes) is 3. The second kappa shape index (κ2) is 7.10. The van der Waals surface area contributed by atoms with Gasteiger partial charge in [-0.25, -0.2) is 4.98 Å². The van der Waals surface area contributed by atoms with Crippen LogP contribution in [-0.2, 0) is 0 Å². The van der Waals surface area contributed by atoms with Crippen molar-refractivity contribution in [3.8, 4) is 5.88 Å². The number of pyridine rings is 1. The molecule has 0 bridgehead atoms. The van der Waals surface area contributed by atoms with Crippen LogP contribution in [0.25, 0.3) is 0 Å². The molecule has 0 fully saturated rings. The minimum atomic E-state index is 0.674. The summed E-state index contributed by atoms with van der Waals surface area (Å²) in [6.45, 7) is 3.21. The van der Waals surface area contributed by atoms with Crippen molar-refractivity contribution < 1.29 is 4.74 Å². The molecular weight excluding hydrogens is 188 g/mol. The zero-order valence-electron chi connectivity index (χ0n) is 9.62. The average Bonchev–Trinajstić information content (AvgIpc) is 2.29. The Balaban J connectivity index is 2.30. The molecule has 15 heavy (non-hydrogen) atoms. The van der Waals surface area contributed by atoms with Gasteiger partial charge in [0.2, 0.25) is 5.88 Å². The van der Waals surface area contributed by atoms with E-state index in [0.29, 0.717) is 5.88 Å². The Kier molecular flexibility index (Phi) is 5.59. The topological polar surface area (TPSA) is 34.2 Å². The van der Waals surface area contributed by atoms with Crippen LogP contribution in [0, 0.1) is 0 Å². The number of aromatic nitrogens is 1. The monoisotopic (exact) mass is 208 g/mol. The molecule has 0 aromatic carbocycles. The number of hydrogen-bond donors (Lipinski definition) is 1. The van der Waals surface area contributed by atoms with Crippen molar-refractivity contribution in [3.05, 3.63) is 18.3 Å². The van der Waals surface area contributed by atoms with Gasteiger partial charge in [-0.05, 0) is 18.6 Å². The molecule has 0 saturated carbocycles. The number of nitrogens with zero attached hydrogens (tertiary/aromatic N) is 1. The maximum Gasteiger partial charge on any atom is 0.237 e. The lowest BCUT2D eigenvalue weighted by molar-refractivity contribution is 0.399. The van der Waals surface area contributed by atoms with Crippen molar-refractivity contribution in [2.24, 2.45) is 0 Å². The van der Waals surface area contributed by atoms with Crippen LogP contribution in [0.3, 0.4) is 0 Å². The summed E-state index contributed by atoms with van der Waals surface area (Å²) < 4.78 is 5.15. The van der Waals surface area contributed by atoms with Gasteiger partial charge in [-0.2, -0.15) is 0 Å². The number of hydrogen-bond acceptors (Lipinski definition) is 3. The molecule has 0 spiro atoms. The second-order valence-electron chi connectivity index (χ2n) is 3.55. The predicted molar refractivity (Wildman–Crippen MR) is 63.4 cm³/mol. The highest BCUT2D eigenvalue weighted by Crippen LogP contribution is 2.19. The molecular formula is C12H20N2O. The smallest absolute Gasteiger partial charge is 0.237 e. The maximum atomic E-state index is 5.15. The van der Waals surface area contributed by atoms with Crippen molar-refractivity contribution in [1.29, 1.82) is 0 Å².